The highest BCUT2D eigenvalue weighted by Gasteiger charge is 2.21. The summed E-state index contributed by atoms with van der Waals surface area (Å²) < 4.78 is 0. The van der Waals surface area contributed by atoms with Crippen LogP contribution >= 0.6 is 11.3 Å². The fourth-order valence-corrected chi connectivity index (χ4v) is 3.37. The van der Waals surface area contributed by atoms with E-state index in [1.807, 2.05) is 29.5 Å². The molecule has 3 amide bonds. The molecule has 1 heterocycles. The van der Waals surface area contributed by atoms with Crippen molar-refractivity contribution < 1.29 is 9.59 Å². The van der Waals surface area contributed by atoms with Gasteiger partial charge in [-0.25, -0.2) is 4.79 Å². The summed E-state index contributed by atoms with van der Waals surface area (Å²) in [6, 6.07) is 4.10. The van der Waals surface area contributed by atoms with Gasteiger partial charge in [0.25, 0.3) is 0 Å². The lowest BCUT2D eigenvalue weighted by atomic mass is 10.2. The normalized spacial score (nSPS) is 15.3. The van der Waals surface area contributed by atoms with Crippen molar-refractivity contribution in [2.75, 3.05) is 20.1 Å². The van der Waals surface area contributed by atoms with Crippen molar-refractivity contribution in [1.82, 2.24) is 15.5 Å². The zero-order valence-electron chi connectivity index (χ0n) is 12.4. The molecule has 0 atom stereocenters. The standard InChI is InChI=1S/C15H23N3O2S/c1-18(12-5-2-3-6-12)11-14(19)17-15(20)16-9-8-13-7-4-10-21-13/h4,7,10,12H,2-3,5-6,8-9,11H2,1H3,(H2,16,17,19,20). The lowest BCUT2D eigenvalue weighted by Gasteiger charge is -2.22. The number of amides is 3. The smallest absolute Gasteiger partial charge is 0.321 e. The van der Waals surface area contributed by atoms with Gasteiger partial charge in [-0.15, -0.1) is 11.3 Å². The van der Waals surface area contributed by atoms with Gasteiger partial charge in [0.1, 0.15) is 0 Å². The van der Waals surface area contributed by atoms with Gasteiger partial charge < -0.3 is 5.32 Å². The first-order valence-corrected chi connectivity index (χ1v) is 8.33. The minimum Gasteiger partial charge on any atom is -0.337 e. The van der Waals surface area contributed by atoms with E-state index in [0.717, 1.165) is 19.3 Å². The van der Waals surface area contributed by atoms with E-state index in [1.54, 1.807) is 11.3 Å². The molecule has 1 aromatic heterocycles. The number of hydrogen-bond donors (Lipinski definition) is 2. The number of rotatable bonds is 6. The lowest BCUT2D eigenvalue weighted by Crippen LogP contribution is -2.45. The van der Waals surface area contributed by atoms with E-state index in [2.05, 4.69) is 10.6 Å². The van der Waals surface area contributed by atoms with Crippen molar-refractivity contribution >= 4 is 23.3 Å². The molecule has 1 fully saturated rings. The van der Waals surface area contributed by atoms with Gasteiger partial charge in [-0.2, -0.15) is 0 Å². The zero-order valence-corrected chi connectivity index (χ0v) is 13.2. The summed E-state index contributed by atoms with van der Waals surface area (Å²) in [6.07, 6.45) is 5.56. The van der Waals surface area contributed by atoms with Crippen LogP contribution in [-0.2, 0) is 11.2 Å². The van der Waals surface area contributed by atoms with E-state index < -0.39 is 6.03 Å². The number of carbonyl (C=O) groups is 2. The second-order valence-corrected chi connectivity index (χ2v) is 6.52. The highest BCUT2D eigenvalue weighted by Crippen LogP contribution is 2.21. The predicted molar refractivity (Wildman–Crippen MR) is 84.5 cm³/mol. The Labute approximate surface area is 129 Å². The van der Waals surface area contributed by atoms with Crippen LogP contribution < -0.4 is 10.6 Å². The Morgan fingerprint density at radius 1 is 1.38 bits per heavy atom. The fourth-order valence-electron chi connectivity index (χ4n) is 2.67. The van der Waals surface area contributed by atoms with Crippen molar-refractivity contribution in [3.63, 3.8) is 0 Å². The van der Waals surface area contributed by atoms with Gasteiger partial charge in [-0.1, -0.05) is 18.9 Å². The number of carbonyl (C=O) groups excluding carboxylic acids is 2. The second-order valence-electron chi connectivity index (χ2n) is 5.49. The summed E-state index contributed by atoms with van der Waals surface area (Å²) in [6.45, 7) is 0.821. The highest BCUT2D eigenvalue weighted by molar-refractivity contribution is 7.09. The van der Waals surface area contributed by atoms with E-state index in [1.165, 1.54) is 17.7 Å². The van der Waals surface area contributed by atoms with Crippen molar-refractivity contribution in [3.05, 3.63) is 22.4 Å². The Bertz CT molecular complexity index is 455. The van der Waals surface area contributed by atoms with Crippen molar-refractivity contribution in [3.8, 4) is 0 Å². The van der Waals surface area contributed by atoms with Crippen LogP contribution in [0.2, 0.25) is 0 Å². The number of likely N-dealkylation sites (N-methyl/N-ethyl adjacent to an activating group) is 1. The van der Waals surface area contributed by atoms with Gasteiger partial charge in [0, 0.05) is 17.5 Å². The Morgan fingerprint density at radius 2 is 2.14 bits per heavy atom. The minimum atomic E-state index is -0.406. The largest absolute Gasteiger partial charge is 0.337 e. The number of urea groups is 1. The molecule has 1 aliphatic rings. The molecule has 0 saturated heterocycles. The summed E-state index contributed by atoms with van der Waals surface area (Å²) >= 11 is 1.67. The van der Waals surface area contributed by atoms with E-state index in [4.69, 9.17) is 0 Å². The molecule has 0 aliphatic heterocycles. The van der Waals surface area contributed by atoms with Crippen LogP contribution in [0.4, 0.5) is 4.79 Å². The van der Waals surface area contributed by atoms with E-state index in [-0.39, 0.29) is 12.5 Å². The Morgan fingerprint density at radius 3 is 2.81 bits per heavy atom. The maximum atomic E-state index is 11.8. The fraction of sp³-hybridized carbons (Fsp3) is 0.600. The molecule has 116 valence electrons. The summed E-state index contributed by atoms with van der Waals surface area (Å²) in [5.41, 5.74) is 0. The lowest BCUT2D eigenvalue weighted by molar-refractivity contribution is -0.121. The van der Waals surface area contributed by atoms with Gasteiger partial charge in [0.2, 0.25) is 5.91 Å². The number of thiophene rings is 1. The average Bonchev–Trinajstić information content (AvgIpc) is 3.11. The third-order valence-electron chi connectivity index (χ3n) is 3.83. The van der Waals surface area contributed by atoms with Gasteiger partial charge in [-0.05, 0) is 37.8 Å². The van der Waals surface area contributed by atoms with Gasteiger partial charge in [0.15, 0.2) is 0 Å². The molecular weight excluding hydrogens is 286 g/mol. The molecule has 0 unspecified atom stereocenters. The van der Waals surface area contributed by atoms with Crippen molar-refractivity contribution in [2.24, 2.45) is 0 Å². The third kappa shape index (κ3) is 5.47. The van der Waals surface area contributed by atoms with Crippen LogP contribution in [0.15, 0.2) is 17.5 Å². The van der Waals surface area contributed by atoms with Gasteiger partial charge in [0.05, 0.1) is 6.54 Å². The maximum Gasteiger partial charge on any atom is 0.321 e. The maximum absolute atomic E-state index is 11.8. The zero-order chi connectivity index (χ0) is 15.1. The quantitative estimate of drug-likeness (QED) is 0.845. The summed E-state index contributed by atoms with van der Waals surface area (Å²) in [5.74, 6) is -0.238. The van der Waals surface area contributed by atoms with Crippen LogP contribution in [0.3, 0.4) is 0 Å². The Hall–Kier alpha value is -1.40. The molecule has 0 spiro atoms. The first-order valence-electron chi connectivity index (χ1n) is 7.45. The second kappa shape index (κ2) is 8.14. The predicted octanol–water partition coefficient (Wildman–Crippen LogP) is 1.99. The molecule has 21 heavy (non-hydrogen) atoms. The molecule has 2 rings (SSSR count). The number of hydrogen-bond acceptors (Lipinski definition) is 4. The van der Waals surface area contributed by atoms with Crippen molar-refractivity contribution in [2.45, 2.75) is 38.1 Å². The SMILES string of the molecule is CN(CC(=O)NC(=O)NCCc1cccs1)C1CCCC1. The molecule has 1 aromatic rings. The van der Waals surface area contributed by atoms with Crippen LogP contribution in [0.25, 0.3) is 0 Å². The Balaban J connectivity index is 1.61. The van der Waals surface area contributed by atoms with Crippen LogP contribution in [0.5, 0.6) is 0 Å². The first-order chi connectivity index (χ1) is 10.1. The average molecular weight is 309 g/mol. The van der Waals surface area contributed by atoms with E-state index in [0.29, 0.717) is 12.6 Å². The van der Waals surface area contributed by atoms with E-state index >= 15 is 0 Å². The third-order valence-corrected chi connectivity index (χ3v) is 4.77. The molecule has 0 radical (unpaired) electrons. The highest BCUT2D eigenvalue weighted by atomic mass is 32.1. The number of imide groups is 1. The van der Waals surface area contributed by atoms with Crippen LogP contribution in [0, 0.1) is 0 Å². The van der Waals surface area contributed by atoms with Crippen molar-refractivity contribution in [1.29, 1.82) is 0 Å². The molecule has 5 nitrogen and oxygen atoms in total. The molecule has 6 heteroatoms. The molecular formula is C15H23N3O2S. The monoisotopic (exact) mass is 309 g/mol. The summed E-state index contributed by atoms with van der Waals surface area (Å²) in [5, 5.41) is 7.11. The van der Waals surface area contributed by atoms with Crippen LogP contribution in [-0.4, -0.2) is 43.0 Å². The summed E-state index contributed by atoms with van der Waals surface area (Å²) in [4.78, 5) is 26.7. The van der Waals surface area contributed by atoms with E-state index in [9.17, 15) is 9.59 Å². The molecule has 0 aromatic carbocycles. The summed E-state index contributed by atoms with van der Waals surface area (Å²) in [7, 11) is 1.95. The number of nitrogens with one attached hydrogen (secondary N) is 2. The Kier molecular flexibility index (Phi) is 6.20. The van der Waals surface area contributed by atoms with Crippen LogP contribution in [0.1, 0.15) is 30.6 Å². The molecule has 0 bridgehead atoms. The molecule has 2 N–H and O–H groups in total. The molecule has 1 aliphatic carbocycles. The van der Waals surface area contributed by atoms with Gasteiger partial charge >= 0.3 is 6.03 Å². The number of nitrogens with zero attached hydrogens (tertiary/aromatic N) is 1. The molecule has 1 saturated carbocycles. The first kappa shape index (κ1) is 16.0. The topological polar surface area (TPSA) is 61.4 Å². The minimum absolute atomic E-state index is 0.238. The van der Waals surface area contributed by atoms with Gasteiger partial charge in [-0.3, -0.25) is 15.0 Å².